The Kier molecular flexibility index (Phi) is 7.25. The Bertz CT molecular complexity index is 1290. The van der Waals surface area contributed by atoms with Crippen molar-refractivity contribution >= 4 is 11.5 Å². The summed E-state index contributed by atoms with van der Waals surface area (Å²) in [4.78, 5) is 25.7. The van der Waals surface area contributed by atoms with Crippen LogP contribution in [0.5, 0.6) is 0 Å². The first kappa shape index (κ1) is 27.4. The molecule has 0 spiro atoms. The smallest absolute Gasteiger partial charge is 0.346 e. The molecule has 4 aliphatic rings. The summed E-state index contributed by atoms with van der Waals surface area (Å²) in [7, 11) is 5.79. The van der Waals surface area contributed by atoms with Gasteiger partial charge in [-0.1, -0.05) is 68.0 Å². The first-order chi connectivity index (χ1) is 19.2. The largest absolute Gasteiger partial charge is 0.366 e. The molecule has 0 saturated heterocycles. The minimum atomic E-state index is -0.422. The molecule has 0 radical (unpaired) electrons. The van der Waals surface area contributed by atoms with Gasteiger partial charge in [0.25, 0.3) is 0 Å². The molecule has 1 heterocycles. The second kappa shape index (κ2) is 10.6. The number of hydroxylamine groups is 2. The fourth-order valence-electron chi connectivity index (χ4n) is 9.07. The number of allylic oxidation sites excluding steroid dienone is 3. The van der Waals surface area contributed by atoms with Crippen molar-refractivity contribution in [1.82, 2.24) is 14.9 Å². The number of rotatable bonds is 6. The summed E-state index contributed by atoms with van der Waals surface area (Å²) in [6, 6.07) is 13.9. The SMILES string of the molecule is CN(C)C(C(=O)ON(C)C1C=C2CC[C@H]3[C@H](CC[C@]4(C)C(c5cccnc5)=CC[C@@H]34)[C@@]2(C)CC1)c1ccccc1. The summed E-state index contributed by atoms with van der Waals surface area (Å²) < 4.78 is 0. The van der Waals surface area contributed by atoms with E-state index in [2.05, 4.69) is 49.3 Å². The first-order valence-corrected chi connectivity index (χ1v) is 15.2. The molecule has 4 aliphatic carbocycles. The second-order valence-electron chi connectivity index (χ2n) is 13.4. The number of nitrogens with zero attached hydrogens (tertiary/aromatic N) is 3. The Morgan fingerprint density at radius 2 is 1.75 bits per heavy atom. The third-order valence-corrected chi connectivity index (χ3v) is 11.2. The molecule has 0 amide bonds. The number of hydrogen-bond acceptors (Lipinski definition) is 5. The quantitative estimate of drug-likeness (QED) is 0.289. The van der Waals surface area contributed by atoms with Gasteiger partial charge >= 0.3 is 5.97 Å². The number of likely N-dealkylation sites (N-methyl/N-ethyl adjacent to an activating group) is 2. The molecule has 0 N–H and O–H groups in total. The lowest BCUT2D eigenvalue weighted by Crippen LogP contribution is -2.51. The molecule has 2 saturated carbocycles. The van der Waals surface area contributed by atoms with Crippen molar-refractivity contribution in [2.24, 2.45) is 28.6 Å². The molecule has 1 aromatic carbocycles. The minimum Gasteiger partial charge on any atom is -0.366 e. The number of aromatic nitrogens is 1. The summed E-state index contributed by atoms with van der Waals surface area (Å²) in [5, 5.41) is 1.82. The Hall–Kier alpha value is -2.76. The Labute approximate surface area is 240 Å². The summed E-state index contributed by atoms with van der Waals surface area (Å²) >= 11 is 0. The number of carbonyl (C=O) groups excluding carboxylic acids is 1. The Balaban J connectivity index is 1.16. The lowest BCUT2D eigenvalue weighted by atomic mass is 9.46. The van der Waals surface area contributed by atoms with E-state index in [1.807, 2.05) is 67.6 Å². The molecule has 2 aromatic rings. The van der Waals surface area contributed by atoms with Crippen molar-refractivity contribution in [2.45, 2.75) is 70.9 Å². The first-order valence-electron chi connectivity index (χ1n) is 15.2. The van der Waals surface area contributed by atoms with E-state index in [9.17, 15) is 4.79 Å². The fourth-order valence-corrected chi connectivity index (χ4v) is 9.07. The maximum atomic E-state index is 13.3. The molecular weight excluding hydrogens is 494 g/mol. The van der Waals surface area contributed by atoms with Gasteiger partial charge in [-0.3, -0.25) is 9.88 Å². The van der Waals surface area contributed by atoms with Gasteiger partial charge in [0.2, 0.25) is 0 Å². The van der Waals surface area contributed by atoms with Crippen LogP contribution in [0.2, 0.25) is 0 Å². The zero-order valence-electron chi connectivity index (χ0n) is 24.8. The van der Waals surface area contributed by atoms with Crippen LogP contribution in [0.25, 0.3) is 5.57 Å². The second-order valence-corrected chi connectivity index (χ2v) is 13.4. The van der Waals surface area contributed by atoms with E-state index >= 15 is 0 Å². The molecule has 6 rings (SSSR count). The highest BCUT2D eigenvalue weighted by Crippen LogP contribution is 2.66. The molecule has 5 heteroatoms. The van der Waals surface area contributed by atoms with E-state index in [4.69, 9.17) is 4.84 Å². The van der Waals surface area contributed by atoms with E-state index in [1.54, 1.807) is 5.57 Å². The normalized spacial score (nSPS) is 33.9. The number of benzene rings is 1. The van der Waals surface area contributed by atoms with E-state index in [-0.39, 0.29) is 22.8 Å². The molecule has 1 aromatic heterocycles. The summed E-state index contributed by atoms with van der Waals surface area (Å²) in [6.45, 7) is 5.08. The van der Waals surface area contributed by atoms with Crippen LogP contribution in [-0.2, 0) is 9.63 Å². The van der Waals surface area contributed by atoms with Crippen LogP contribution in [0.15, 0.2) is 72.6 Å². The maximum absolute atomic E-state index is 13.3. The Morgan fingerprint density at radius 1 is 0.975 bits per heavy atom. The van der Waals surface area contributed by atoms with Crippen molar-refractivity contribution < 1.29 is 9.63 Å². The van der Waals surface area contributed by atoms with Crippen LogP contribution < -0.4 is 0 Å². The summed E-state index contributed by atoms with van der Waals surface area (Å²) in [6.07, 6.45) is 17.3. The van der Waals surface area contributed by atoms with Crippen molar-refractivity contribution in [3.05, 3.63) is 83.7 Å². The molecular formula is C35H45N3O2. The van der Waals surface area contributed by atoms with E-state index in [1.165, 1.54) is 36.8 Å². The molecule has 5 nitrogen and oxygen atoms in total. The monoisotopic (exact) mass is 539 g/mol. The van der Waals surface area contributed by atoms with Gasteiger partial charge in [-0.25, -0.2) is 4.79 Å². The molecule has 0 aliphatic heterocycles. The summed E-state index contributed by atoms with van der Waals surface area (Å²) in [5.41, 5.74) is 5.91. The van der Waals surface area contributed by atoms with Crippen LogP contribution in [0, 0.1) is 28.6 Å². The van der Waals surface area contributed by atoms with E-state index in [0.717, 1.165) is 42.6 Å². The average molecular weight is 540 g/mol. The van der Waals surface area contributed by atoms with Crippen LogP contribution >= 0.6 is 0 Å². The van der Waals surface area contributed by atoms with Crippen molar-refractivity contribution in [1.29, 1.82) is 0 Å². The van der Waals surface area contributed by atoms with Gasteiger partial charge in [-0.15, -0.1) is 5.06 Å². The van der Waals surface area contributed by atoms with Crippen molar-refractivity contribution in [3.8, 4) is 0 Å². The van der Waals surface area contributed by atoms with Crippen LogP contribution in [-0.4, -0.2) is 48.1 Å². The van der Waals surface area contributed by atoms with Gasteiger partial charge in [0, 0.05) is 19.4 Å². The highest BCUT2D eigenvalue weighted by atomic mass is 16.7. The zero-order valence-corrected chi connectivity index (χ0v) is 24.8. The number of hydrogen-bond donors (Lipinski definition) is 0. The number of carbonyl (C=O) groups is 1. The predicted octanol–water partition coefficient (Wildman–Crippen LogP) is 7.10. The van der Waals surface area contributed by atoms with E-state index < -0.39 is 6.04 Å². The lowest BCUT2D eigenvalue weighted by molar-refractivity contribution is -0.197. The standard InChI is InChI=1S/C35H45N3O2/c1-34-19-17-27(38(5)40-33(39)32(37(3)4)24-10-7-6-8-11-24)22-26(34)13-14-28-30-16-15-29(25-12-9-21-36-23-25)35(30,2)20-18-31(28)34/h6-12,15,21-23,27-28,30-32H,13-14,16-20H2,1-5H3/t27?,28-,30+,31+,32?,34+,35-/m1/s1. The number of pyridine rings is 1. The van der Waals surface area contributed by atoms with Gasteiger partial charge in [-0.2, -0.15) is 0 Å². The molecule has 40 heavy (non-hydrogen) atoms. The van der Waals surface area contributed by atoms with Gasteiger partial charge in [0.15, 0.2) is 0 Å². The van der Waals surface area contributed by atoms with E-state index in [0.29, 0.717) is 0 Å². The van der Waals surface area contributed by atoms with Gasteiger partial charge in [0.1, 0.15) is 6.04 Å². The molecule has 212 valence electrons. The topological polar surface area (TPSA) is 45.7 Å². The summed E-state index contributed by atoms with van der Waals surface area (Å²) in [5.74, 6) is 2.00. The van der Waals surface area contributed by atoms with Crippen molar-refractivity contribution in [2.75, 3.05) is 21.1 Å². The third kappa shape index (κ3) is 4.55. The van der Waals surface area contributed by atoms with Crippen LogP contribution in [0.4, 0.5) is 0 Å². The Morgan fingerprint density at radius 3 is 2.48 bits per heavy atom. The molecule has 2 unspecified atom stereocenters. The number of fused-ring (bicyclic) bond motifs is 5. The van der Waals surface area contributed by atoms with Gasteiger partial charge in [0.05, 0.1) is 6.04 Å². The van der Waals surface area contributed by atoms with Gasteiger partial charge in [-0.05, 0) is 110 Å². The van der Waals surface area contributed by atoms with Gasteiger partial charge < -0.3 is 4.84 Å². The lowest BCUT2D eigenvalue weighted by Gasteiger charge is -2.58. The molecule has 7 atom stereocenters. The average Bonchev–Trinajstić information content (AvgIpc) is 3.30. The van der Waals surface area contributed by atoms with Crippen molar-refractivity contribution in [3.63, 3.8) is 0 Å². The molecule has 2 fully saturated rings. The highest BCUT2D eigenvalue weighted by Gasteiger charge is 2.57. The molecule has 0 bridgehead atoms. The highest BCUT2D eigenvalue weighted by molar-refractivity contribution is 5.77. The van der Waals surface area contributed by atoms with Crippen LogP contribution in [0.3, 0.4) is 0 Å². The maximum Gasteiger partial charge on any atom is 0.346 e. The fraction of sp³-hybridized carbons (Fsp3) is 0.543. The minimum absolute atomic E-state index is 0.126. The predicted molar refractivity (Wildman–Crippen MR) is 160 cm³/mol. The third-order valence-electron chi connectivity index (χ3n) is 11.2. The van der Waals surface area contributed by atoms with Crippen LogP contribution in [0.1, 0.15) is 76.0 Å². The zero-order chi connectivity index (χ0) is 28.1.